The molecule has 2 rings (SSSR count). The summed E-state index contributed by atoms with van der Waals surface area (Å²) >= 11 is 0. The minimum atomic E-state index is -0.364. The Hall–Kier alpha value is -2.30. The van der Waals surface area contributed by atoms with Crippen LogP contribution in [0.3, 0.4) is 0 Å². The Bertz CT molecular complexity index is 558. The van der Waals surface area contributed by atoms with Crippen LogP contribution >= 0.6 is 0 Å². The lowest BCUT2D eigenvalue weighted by molar-refractivity contribution is 0.327. The van der Waals surface area contributed by atoms with E-state index in [0.717, 1.165) is 11.3 Å². The van der Waals surface area contributed by atoms with E-state index < -0.39 is 0 Å². The molecule has 0 aliphatic rings. The van der Waals surface area contributed by atoms with E-state index in [1.165, 1.54) is 13.2 Å². The van der Waals surface area contributed by atoms with Gasteiger partial charge in [0, 0.05) is 12.6 Å². The monoisotopic (exact) mass is 276 g/mol. The van der Waals surface area contributed by atoms with Crippen molar-refractivity contribution in [3.8, 4) is 11.6 Å². The van der Waals surface area contributed by atoms with Gasteiger partial charge in [0.2, 0.25) is 5.88 Å². The predicted octanol–water partition coefficient (Wildman–Crippen LogP) is 3.24. The first-order valence-electron chi connectivity index (χ1n) is 6.38. The molecule has 20 heavy (non-hydrogen) atoms. The molecule has 2 aromatic rings. The van der Waals surface area contributed by atoms with Crippen molar-refractivity contribution in [2.45, 2.75) is 13.5 Å². The second-order valence-corrected chi connectivity index (χ2v) is 4.14. The zero-order valence-electron chi connectivity index (χ0n) is 11.5. The summed E-state index contributed by atoms with van der Waals surface area (Å²) in [4.78, 5) is 4.15. The Labute approximate surface area is 117 Å². The van der Waals surface area contributed by atoms with Crippen molar-refractivity contribution in [3.63, 3.8) is 0 Å². The molecule has 0 radical (unpaired) electrons. The number of pyridine rings is 1. The van der Waals surface area contributed by atoms with Gasteiger partial charge in [-0.05, 0) is 30.7 Å². The second-order valence-electron chi connectivity index (χ2n) is 4.14. The van der Waals surface area contributed by atoms with Crippen LogP contribution in [0.5, 0.6) is 11.6 Å². The first kappa shape index (κ1) is 14.1. The molecule has 0 saturated heterocycles. The summed E-state index contributed by atoms with van der Waals surface area (Å²) in [6.07, 6.45) is 1.69. The summed E-state index contributed by atoms with van der Waals surface area (Å²) in [5.74, 6) is 0.474. The summed E-state index contributed by atoms with van der Waals surface area (Å²) < 4.78 is 23.7. The Balaban J connectivity index is 1.96. The zero-order valence-corrected chi connectivity index (χ0v) is 11.5. The molecule has 0 bridgehead atoms. The van der Waals surface area contributed by atoms with Gasteiger partial charge in [0.1, 0.15) is 0 Å². The number of nitrogens with zero attached hydrogens (tertiary/aromatic N) is 1. The Morgan fingerprint density at radius 3 is 2.70 bits per heavy atom. The van der Waals surface area contributed by atoms with Gasteiger partial charge in [0.05, 0.1) is 25.6 Å². The topological polar surface area (TPSA) is 43.4 Å². The molecule has 106 valence electrons. The third kappa shape index (κ3) is 3.60. The van der Waals surface area contributed by atoms with Gasteiger partial charge in [0.15, 0.2) is 11.6 Å². The number of halogens is 1. The molecule has 0 fully saturated rings. The molecule has 0 amide bonds. The molecule has 0 spiro atoms. The molecule has 0 aliphatic heterocycles. The van der Waals surface area contributed by atoms with E-state index >= 15 is 0 Å². The van der Waals surface area contributed by atoms with Crippen LogP contribution in [0.4, 0.5) is 10.1 Å². The summed E-state index contributed by atoms with van der Waals surface area (Å²) in [6, 6.07) is 8.55. The number of aromatic nitrogens is 1. The second kappa shape index (κ2) is 6.75. The molecule has 0 aliphatic carbocycles. The lowest BCUT2D eigenvalue weighted by Gasteiger charge is -2.08. The van der Waals surface area contributed by atoms with Crippen molar-refractivity contribution >= 4 is 5.69 Å². The van der Waals surface area contributed by atoms with Gasteiger partial charge in [-0.2, -0.15) is 0 Å². The summed E-state index contributed by atoms with van der Waals surface area (Å²) in [5, 5.41) is 3.17. The number of benzene rings is 1. The molecule has 1 aromatic heterocycles. The first-order valence-corrected chi connectivity index (χ1v) is 6.38. The zero-order chi connectivity index (χ0) is 14.4. The highest BCUT2D eigenvalue weighted by molar-refractivity contribution is 5.43. The maximum absolute atomic E-state index is 13.5. The fourth-order valence-corrected chi connectivity index (χ4v) is 1.74. The number of ether oxygens (including phenoxy) is 2. The molecule has 1 N–H and O–H groups in total. The van der Waals surface area contributed by atoms with Gasteiger partial charge in [-0.25, -0.2) is 9.37 Å². The normalized spacial score (nSPS) is 10.2. The average molecular weight is 276 g/mol. The Morgan fingerprint density at radius 1 is 1.25 bits per heavy atom. The molecular weight excluding hydrogens is 259 g/mol. The first-order chi connectivity index (χ1) is 9.72. The maximum atomic E-state index is 13.5. The largest absolute Gasteiger partial charge is 0.494 e. The number of methoxy groups -OCH3 is 1. The quantitative estimate of drug-likeness (QED) is 0.879. The molecule has 0 atom stereocenters. The van der Waals surface area contributed by atoms with E-state index in [-0.39, 0.29) is 11.6 Å². The lowest BCUT2D eigenvalue weighted by atomic mass is 10.2. The number of hydrogen-bond donors (Lipinski definition) is 1. The van der Waals surface area contributed by atoms with E-state index in [1.54, 1.807) is 18.3 Å². The minimum absolute atomic E-state index is 0.247. The molecule has 0 saturated carbocycles. The molecule has 5 heteroatoms. The molecule has 0 unspecified atom stereocenters. The van der Waals surface area contributed by atoms with E-state index in [1.807, 2.05) is 19.1 Å². The van der Waals surface area contributed by atoms with Gasteiger partial charge < -0.3 is 14.8 Å². The maximum Gasteiger partial charge on any atom is 0.213 e. The van der Waals surface area contributed by atoms with Crippen molar-refractivity contribution in [3.05, 3.63) is 47.9 Å². The average Bonchev–Trinajstić information content (AvgIpc) is 2.47. The highest BCUT2D eigenvalue weighted by atomic mass is 19.1. The third-order valence-corrected chi connectivity index (χ3v) is 2.74. The number of rotatable bonds is 6. The van der Waals surface area contributed by atoms with Crippen molar-refractivity contribution in [1.29, 1.82) is 0 Å². The molecule has 1 aromatic carbocycles. The predicted molar refractivity (Wildman–Crippen MR) is 75.7 cm³/mol. The van der Waals surface area contributed by atoms with Crippen LogP contribution in [0.1, 0.15) is 12.5 Å². The van der Waals surface area contributed by atoms with E-state index in [9.17, 15) is 4.39 Å². The van der Waals surface area contributed by atoms with Crippen molar-refractivity contribution in [1.82, 2.24) is 4.98 Å². The van der Waals surface area contributed by atoms with Crippen molar-refractivity contribution in [2.75, 3.05) is 19.0 Å². The van der Waals surface area contributed by atoms with Crippen LogP contribution in [-0.2, 0) is 6.54 Å². The highest BCUT2D eigenvalue weighted by Crippen LogP contribution is 2.19. The van der Waals surface area contributed by atoms with Gasteiger partial charge in [-0.15, -0.1) is 0 Å². The number of anilines is 1. The fourth-order valence-electron chi connectivity index (χ4n) is 1.74. The SMILES string of the molecule is CCOc1ccc(NCc2ccc(OC)c(F)c2)cn1. The van der Waals surface area contributed by atoms with Gasteiger partial charge in [0.25, 0.3) is 0 Å². The van der Waals surface area contributed by atoms with Gasteiger partial charge in [-0.1, -0.05) is 6.07 Å². The van der Waals surface area contributed by atoms with Gasteiger partial charge >= 0.3 is 0 Å². The van der Waals surface area contributed by atoms with Crippen molar-refractivity contribution < 1.29 is 13.9 Å². The Kier molecular flexibility index (Phi) is 4.76. The van der Waals surface area contributed by atoms with Crippen LogP contribution in [-0.4, -0.2) is 18.7 Å². The van der Waals surface area contributed by atoms with Crippen LogP contribution in [0, 0.1) is 5.82 Å². The summed E-state index contributed by atoms with van der Waals surface area (Å²) in [6.45, 7) is 3.01. The van der Waals surface area contributed by atoms with Crippen molar-refractivity contribution in [2.24, 2.45) is 0 Å². The Morgan fingerprint density at radius 2 is 2.10 bits per heavy atom. The number of nitrogens with one attached hydrogen (secondary N) is 1. The van der Waals surface area contributed by atoms with E-state index in [0.29, 0.717) is 19.0 Å². The third-order valence-electron chi connectivity index (χ3n) is 2.74. The summed E-state index contributed by atoms with van der Waals surface area (Å²) in [5.41, 5.74) is 1.68. The van der Waals surface area contributed by atoms with Crippen LogP contribution in [0.25, 0.3) is 0 Å². The fraction of sp³-hybridized carbons (Fsp3) is 0.267. The standard InChI is InChI=1S/C15H17FN2O2/c1-3-20-15-7-5-12(10-18-15)17-9-11-4-6-14(19-2)13(16)8-11/h4-8,10,17H,3,9H2,1-2H3. The molecule has 1 heterocycles. The minimum Gasteiger partial charge on any atom is -0.494 e. The van der Waals surface area contributed by atoms with Crippen LogP contribution in [0.15, 0.2) is 36.5 Å². The molecule has 4 nitrogen and oxygen atoms in total. The number of hydrogen-bond acceptors (Lipinski definition) is 4. The van der Waals surface area contributed by atoms with Gasteiger partial charge in [-0.3, -0.25) is 0 Å². The molecular formula is C15H17FN2O2. The van der Waals surface area contributed by atoms with Crippen LogP contribution in [0.2, 0.25) is 0 Å². The summed E-state index contributed by atoms with van der Waals surface area (Å²) in [7, 11) is 1.45. The highest BCUT2D eigenvalue weighted by Gasteiger charge is 2.03. The smallest absolute Gasteiger partial charge is 0.213 e. The van der Waals surface area contributed by atoms with E-state index in [2.05, 4.69) is 10.3 Å². The lowest BCUT2D eigenvalue weighted by Crippen LogP contribution is -2.01. The van der Waals surface area contributed by atoms with E-state index in [4.69, 9.17) is 9.47 Å². The van der Waals surface area contributed by atoms with Crippen LogP contribution < -0.4 is 14.8 Å².